The molecule has 0 unspecified atom stereocenters. The molecule has 0 radical (unpaired) electrons. The fourth-order valence-corrected chi connectivity index (χ4v) is 10.3. The van der Waals surface area contributed by atoms with Gasteiger partial charge in [-0.15, -0.1) is 0 Å². The molecular formula is C60H58N2O4. The van der Waals surface area contributed by atoms with Crippen LogP contribution in [-0.2, 0) is 20.8 Å². The Morgan fingerprint density at radius 1 is 0.424 bits per heavy atom. The van der Waals surface area contributed by atoms with Gasteiger partial charge in [0.15, 0.2) is 0 Å². The number of carbonyl (C=O) groups is 2. The molecule has 6 nitrogen and oxygen atoms in total. The third-order valence-corrected chi connectivity index (χ3v) is 14.2. The first kappa shape index (κ1) is 44.3. The summed E-state index contributed by atoms with van der Waals surface area (Å²) in [4.78, 5) is 31.9. The van der Waals surface area contributed by atoms with Crippen molar-refractivity contribution in [3.63, 3.8) is 0 Å². The van der Waals surface area contributed by atoms with Gasteiger partial charge in [-0.1, -0.05) is 224 Å². The van der Waals surface area contributed by atoms with E-state index in [1.165, 1.54) is 0 Å². The maximum atomic E-state index is 15.9. The summed E-state index contributed by atoms with van der Waals surface area (Å²) in [7, 11) is 0. The minimum atomic E-state index is -1.78. The Kier molecular flexibility index (Phi) is 12.2. The average Bonchev–Trinajstić information content (AvgIpc) is 3.35. The number of aliphatic hydroxyl groups is 2. The first-order chi connectivity index (χ1) is 31.9. The summed E-state index contributed by atoms with van der Waals surface area (Å²) < 4.78 is 0. The second-order valence-electron chi connectivity index (χ2n) is 18.6. The first-order valence-corrected chi connectivity index (χ1v) is 23.2. The Labute approximate surface area is 388 Å². The minimum Gasteiger partial charge on any atom is -0.378 e. The molecule has 0 heterocycles. The second kappa shape index (κ2) is 18.2. The zero-order valence-corrected chi connectivity index (χ0v) is 38.2. The predicted molar refractivity (Wildman–Crippen MR) is 266 cm³/mol. The van der Waals surface area contributed by atoms with Crippen LogP contribution in [0.1, 0.15) is 99.8 Å². The zero-order chi connectivity index (χ0) is 46.1. The quantitative estimate of drug-likeness (QED) is 0.0919. The first-order valence-electron chi connectivity index (χ1n) is 23.2. The number of aryl methyl sites for hydroxylation is 4. The van der Waals surface area contributed by atoms with E-state index in [-0.39, 0.29) is 12.8 Å². The Hall–Kier alpha value is -6.86. The average molecular weight is 871 g/mol. The molecule has 4 N–H and O–H groups in total. The summed E-state index contributed by atoms with van der Waals surface area (Å²) in [5, 5.41) is 38.0. The van der Waals surface area contributed by atoms with Crippen LogP contribution in [0.2, 0.25) is 0 Å². The maximum Gasteiger partial charge on any atom is 0.236 e. The Morgan fingerprint density at radius 2 is 0.727 bits per heavy atom. The van der Waals surface area contributed by atoms with Gasteiger partial charge in [0, 0.05) is 0 Å². The maximum absolute atomic E-state index is 15.9. The van der Waals surface area contributed by atoms with Crippen LogP contribution in [0.4, 0.5) is 0 Å². The molecule has 2 atom stereocenters. The Bertz CT molecular complexity index is 2700. The largest absolute Gasteiger partial charge is 0.378 e. The summed E-state index contributed by atoms with van der Waals surface area (Å²) in [6.45, 7) is 8.03. The summed E-state index contributed by atoms with van der Waals surface area (Å²) >= 11 is 0. The van der Waals surface area contributed by atoms with Crippen LogP contribution in [0, 0.1) is 33.1 Å². The topological polar surface area (TPSA) is 98.7 Å². The molecule has 8 aromatic rings. The van der Waals surface area contributed by atoms with E-state index in [1.54, 1.807) is 0 Å². The van der Waals surface area contributed by atoms with E-state index >= 15 is 9.59 Å². The monoisotopic (exact) mass is 870 g/mol. The lowest BCUT2D eigenvalue weighted by molar-refractivity contribution is -0.149. The fraction of sp³-hybridized carbons (Fsp3) is 0.233. The molecule has 1 saturated carbocycles. The second-order valence-corrected chi connectivity index (χ2v) is 18.6. The van der Waals surface area contributed by atoms with Crippen LogP contribution in [0.25, 0.3) is 21.5 Å². The third kappa shape index (κ3) is 8.10. The Morgan fingerprint density at radius 3 is 1.06 bits per heavy atom. The molecule has 6 heteroatoms. The summed E-state index contributed by atoms with van der Waals surface area (Å²) in [5.41, 5.74) is 2.87. The highest BCUT2D eigenvalue weighted by Gasteiger charge is 2.53. The van der Waals surface area contributed by atoms with Crippen molar-refractivity contribution in [3.8, 4) is 0 Å². The lowest BCUT2D eigenvalue weighted by atomic mass is 9.70. The number of hydrogen-bond donors (Lipinski definition) is 4. The zero-order valence-electron chi connectivity index (χ0n) is 38.2. The van der Waals surface area contributed by atoms with E-state index in [4.69, 9.17) is 0 Å². The minimum absolute atomic E-state index is 0.288. The van der Waals surface area contributed by atoms with Gasteiger partial charge in [0.2, 0.25) is 11.8 Å². The molecule has 2 amide bonds. The van der Waals surface area contributed by atoms with Gasteiger partial charge >= 0.3 is 0 Å². The van der Waals surface area contributed by atoms with Gasteiger partial charge in [0.25, 0.3) is 0 Å². The SMILES string of the molecule is Cc1ccc(C(O)(c2ccc(C)cc2)[C@@H](NC(=O)C2(C(=O)N[C@@H](c3cccc4ccccc34)C(O)(c3ccc(C)cc3)c3ccc(C)cc3)CCCCC2)c2cccc3ccccc23)cc1. The molecule has 8 aromatic carbocycles. The number of fused-ring (bicyclic) bond motifs is 2. The van der Waals surface area contributed by atoms with E-state index in [0.717, 1.165) is 61.3 Å². The summed E-state index contributed by atoms with van der Waals surface area (Å²) in [5.74, 6) is -0.942. The summed E-state index contributed by atoms with van der Waals surface area (Å²) in [6.07, 6.45) is 2.75. The van der Waals surface area contributed by atoms with Crippen molar-refractivity contribution in [1.29, 1.82) is 0 Å². The predicted octanol–water partition coefficient (Wildman–Crippen LogP) is 12.1. The lowest BCUT2D eigenvalue weighted by Gasteiger charge is -2.44. The molecule has 1 aliphatic rings. The van der Waals surface area contributed by atoms with Crippen molar-refractivity contribution in [3.05, 3.63) is 238 Å². The normalized spacial score (nSPS) is 14.9. The summed E-state index contributed by atoms with van der Waals surface area (Å²) in [6, 6.07) is 57.0. The lowest BCUT2D eigenvalue weighted by Crippen LogP contribution is -2.57. The molecule has 0 bridgehead atoms. The molecule has 0 aromatic heterocycles. The van der Waals surface area contributed by atoms with Gasteiger partial charge in [0.1, 0.15) is 16.6 Å². The molecular weight excluding hydrogens is 813 g/mol. The van der Waals surface area contributed by atoms with E-state index < -0.39 is 40.5 Å². The number of carbonyl (C=O) groups excluding carboxylic acids is 2. The number of nitrogens with one attached hydrogen (secondary N) is 2. The van der Waals surface area contributed by atoms with Crippen molar-refractivity contribution >= 4 is 33.4 Å². The van der Waals surface area contributed by atoms with Crippen molar-refractivity contribution < 1.29 is 19.8 Å². The van der Waals surface area contributed by atoms with E-state index in [9.17, 15) is 10.2 Å². The van der Waals surface area contributed by atoms with E-state index in [1.807, 2.05) is 210 Å². The molecule has 332 valence electrons. The van der Waals surface area contributed by atoms with E-state index in [2.05, 4.69) is 10.6 Å². The van der Waals surface area contributed by atoms with Gasteiger partial charge in [0.05, 0.1) is 12.1 Å². The standard InChI is InChI=1S/C60H58N2O4/c1-40-22-30-46(31-23-40)59(65,47-32-24-41(2)25-33-47)54(52-20-12-16-44-14-6-8-18-50(44)52)61-56(63)58(38-10-5-11-39-58)57(64)62-55(53-21-13-17-45-15-7-9-19-51(45)53)60(66,48-34-26-42(3)27-35-48)49-36-28-43(4)29-37-49/h6-9,12-37,54-55,65-66H,5,10-11,38-39H2,1-4H3,(H,61,63)(H,62,64)/t54-,55-/m0/s1. The molecule has 9 rings (SSSR count). The van der Waals surface area contributed by atoms with E-state index in [0.29, 0.717) is 35.1 Å². The van der Waals surface area contributed by atoms with Crippen LogP contribution in [0.3, 0.4) is 0 Å². The van der Waals surface area contributed by atoms with Crippen LogP contribution >= 0.6 is 0 Å². The van der Waals surface area contributed by atoms with Crippen LogP contribution < -0.4 is 10.6 Å². The van der Waals surface area contributed by atoms with Crippen LogP contribution in [-0.4, -0.2) is 22.0 Å². The van der Waals surface area contributed by atoms with Crippen molar-refractivity contribution in [2.75, 3.05) is 0 Å². The molecule has 0 aliphatic heterocycles. The van der Waals surface area contributed by atoms with Gasteiger partial charge in [-0.3, -0.25) is 9.59 Å². The molecule has 0 saturated heterocycles. The van der Waals surface area contributed by atoms with Crippen LogP contribution in [0.15, 0.2) is 182 Å². The molecule has 0 spiro atoms. The highest BCUT2D eigenvalue weighted by atomic mass is 16.3. The van der Waals surface area contributed by atoms with Crippen molar-refractivity contribution in [2.45, 2.75) is 83.1 Å². The van der Waals surface area contributed by atoms with Crippen molar-refractivity contribution in [1.82, 2.24) is 10.6 Å². The number of benzene rings is 8. The Balaban J connectivity index is 1.22. The third-order valence-electron chi connectivity index (χ3n) is 14.2. The molecule has 1 fully saturated rings. The molecule has 1 aliphatic carbocycles. The van der Waals surface area contributed by atoms with Crippen LogP contribution in [0.5, 0.6) is 0 Å². The smallest absolute Gasteiger partial charge is 0.236 e. The highest BCUT2D eigenvalue weighted by molar-refractivity contribution is 6.06. The molecule has 66 heavy (non-hydrogen) atoms. The van der Waals surface area contributed by atoms with Crippen molar-refractivity contribution in [2.24, 2.45) is 5.41 Å². The number of rotatable bonds is 12. The number of amides is 2. The van der Waals surface area contributed by atoms with Gasteiger partial charge in [-0.25, -0.2) is 0 Å². The van der Waals surface area contributed by atoms with Gasteiger partial charge in [-0.05, 0) is 95.5 Å². The fourth-order valence-electron chi connectivity index (χ4n) is 10.3. The van der Waals surface area contributed by atoms with Gasteiger partial charge < -0.3 is 20.8 Å². The number of hydrogen-bond acceptors (Lipinski definition) is 4. The highest BCUT2D eigenvalue weighted by Crippen LogP contribution is 2.48. The van der Waals surface area contributed by atoms with Gasteiger partial charge in [-0.2, -0.15) is 0 Å².